The number of nitro benzene ring substituents is 1. The molecule has 0 saturated carbocycles. The highest BCUT2D eigenvalue weighted by Crippen LogP contribution is 2.29. The van der Waals surface area contributed by atoms with Gasteiger partial charge >= 0.3 is 0 Å². The van der Waals surface area contributed by atoms with Crippen molar-refractivity contribution in [1.29, 1.82) is 0 Å². The number of amides is 1. The highest BCUT2D eigenvalue weighted by atomic mass is 32.1. The molecule has 26 heavy (non-hydrogen) atoms. The smallest absolute Gasteiger partial charge is 0.270 e. The highest BCUT2D eigenvalue weighted by Gasteiger charge is 2.13. The molecule has 0 spiro atoms. The fraction of sp³-hybridized carbons (Fsp3) is 0.176. The number of carbonyl (C=O) groups excluding carboxylic acids is 1. The fourth-order valence-corrected chi connectivity index (χ4v) is 3.14. The molecular formula is C17H15N3O5S. The fourth-order valence-electron chi connectivity index (χ4n) is 2.22. The van der Waals surface area contributed by atoms with Crippen LogP contribution >= 0.6 is 11.3 Å². The molecule has 1 N–H and O–H groups in total. The zero-order valence-electron chi connectivity index (χ0n) is 13.8. The summed E-state index contributed by atoms with van der Waals surface area (Å²) >= 11 is 1.16. The number of aromatic nitrogens is 1. The van der Waals surface area contributed by atoms with Crippen molar-refractivity contribution in [2.24, 2.45) is 0 Å². The molecule has 0 fully saturated rings. The van der Waals surface area contributed by atoms with Crippen molar-refractivity contribution in [3.8, 4) is 11.5 Å². The normalized spacial score (nSPS) is 10.5. The van der Waals surface area contributed by atoms with Gasteiger partial charge in [0.2, 0.25) is 0 Å². The summed E-state index contributed by atoms with van der Waals surface area (Å²) in [6.45, 7) is 2.14. The molecule has 0 atom stereocenters. The molecule has 0 unspecified atom stereocenters. The maximum atomic E-state index is 12.1. The maximum Gasteiger partial charge on any atom is 0.270 e. The van der Waals surface area contributed by atoms with E-state index in [4.69, 9.17) is 9.47 Å². The van der Waals surface area contributed by atoms with Gasteiger partial charge in [-0.2, -0.15) is 0 Å². The minimum atomic E-state index is -0.471. The Morgan fingerprint density at radius 1 is 1.23 bits per heavy atom. The standard InChI is InChI=1S/C17H15N3O5S/c1-2-24-13-5-3-4-6-14(13)25-10-16(21)19-17-18-12-8-7-11(20(22)23)9-15(12)26-17/h3-9H,2,10H2,1H3,(H,18,19,21). The van der Waals surface area contributed by atoms with E-state index in [1.807, 2.05) is 13.0 Å². The largest absolute Gasteiger partial charge is 0.490 e. The zero-order valence-corrected chi connectivity index (χ0v) is 14.6. The number of hydrogen-bond acceptors (Lipinski definition) is 7. The number of fused-ring (bicyclic) bond motifs is 1. The van der Waals surface area contributed by atoms with Crippen LogP contribution in [0.4, 0.5) is 10.8 Å². The minimum absolute atomic E-state index is 0.0186. The van der Waals surface area contributed by atoms with Crippen molar-refractivity contribution >= 4 is 38.3 Å². The lowest BCUT2D eigenvalue weighted by molar-refractivity contribution is -0.384. The number of nitrogens with one attached hydrogen (secondary N) is 1. The molecule has 1 heterocycles. The highest BCUT2D eigenvalue weighted by molar-refractivity contribution is 7.22. The van der Waals surface area contributed by atoms with Crippen LogP contribution in [0.15, 0.2) is 42.5 Å². The van der Waals surface area contributed by atoms with Crippen LogP contribution in [0.1, 0.15) is 6.92 Å². The van der Waals surface area contributed by atoms with Gasteiger partial charge in [0, 0.05) is 12.1 Å². The molecule has 0 aliphatic heterocycles. The van der Waals surface area contributed by atoms with Gasteiger partial charge < -0.3 is 9.47 Å². The van der Waals surface area contributed by atoms with Crippen LogP contribution in [0.3, 0.4) is 0 Å². The monoisotopic (exact) mass is 373 g/mol. The van der Waals surface area contributed by atoms with Gasteiger partial charge in [-0.05, 0) is 25.1 Å². The Bertz CT molecular complexity index is 956. The molecule has 0 radical (unpaired) electrons. The molecule has 2 aromatic carbocycles. The first-order valence-electron chi connectivity index (χ1n) is 7.76. The van der Waals surface area contributed by atoms with Crippen LogP contribution in [0.2, 0.25) is 0 Å². The second-order valence-corrected chi connectivity index (χ2v) is 6.18. The SMILES string of the molecule is CCOc1ccccc1OCC(=O)Nc1nc2ccc([N+](=O)[O-])cc2s1. The van der Waals surface area contributed by atoms with E-state index < -0.39 is 4.92 Å². The number of ether oxygens (including phenoxy) is 2. The molecule has 3 rings (SSSR count). The van der Waals surface area contributed by atoms with Gasteiger partial charge in [0.1, 0.15) is 0 Å². The topological polar surface area (TPSA) is 104 Å². The summed E-state index contributed by atoms with van der Waals surface area (Å²) in [4.78, 5) is 26.7. The molecule has 0 aliphatic carbocycles. The maximum absolute atomic E-state index is 12.1. The molecule has 0 aliphatic rings. The van der Waals surface area contributed by atoms with Gasteiger partial charge in [-0.15, -0.1) is 0 Å². The number of para-hydroxylation sites is 2. The van der Waals surface area contributed by atoms with Crippen LogP contribution in [0, 0.1) is 10.1 Å². The third-order valence-electron chi connectivity index (χ3n) is 3.34. The lowest BCUT2D eigenvalue weighted by Crippen LogP contribution is -2.20. The van der Waals surface area contributed by atoms with Crippen LogP contribution in [-0.2, 0) is 4.79 Å². The van der Waals surface area contributed by atoms with Crippen molar-refractivity contribution in [3.63, 3.8) is 0 Å². The number of carbonyl (C=O) groups is 1. The van der Waals surface area contributed by atoms with Gasteiger partial charge in [-0.25, -0.2) is 4.98 Å². The summed E-state index contributed by atoms with van der Waals surface area (Å²) in [7, 11) is 0. The van der Waals surface area contributed by atoms with E-state index >= 15 is 0 Å². The molecule has 1 amide bonds. The number of benzene rings is 2. The number of nitrogens with zero attached hydrogens (tertiary/aromatic N) is 2. The average Bonchev–Trinajstić information content (AvgIpc) is 3.02. The van der Waals surface area contributed by atoms with Gasteiger partial charge in [-0.1, -0.05) is 23.5 Å². The van der Waals surface area contributed by atoms with Crippen molar-refractivity contribution < 1.29 is 19.2 Å². The van der Waals surface area contributed by atoms with Crippen molar-refractivity contribution in [2.45, 2.75) is 6.92 Å². The van der Waals surface area contributed by atoms with E-state index in [-0.39, 0.29) is 18.2 Å². The summed E-state index contributed by atoms with van der Waals surface area (Å²) in [5.74, 6) is 0.657. The van der Waals surface area contributed by atoms with Gasteiger partial charge in [0.05, 0.1) is 21.7 Å². The van der Waals surface area contributed by atoms with E-state index in [9.17, 15) is 14.9 Å². The van der Waals surface area contributed by atoms with Gasteiger partial charge in [-0.3, -0.25) is 20.2 Å². The molecule has 0 saturated heterocycles. The lowest BCUT2D eigenvalue weighted by Gasteiger charge is -2.10. The van der Waals surface area contributed by atoms with Crippen LogP contribution in [0.25, 0.3) is 10.2 Å². The summed E-state index contributed by atoms with van der Waals surface area (Å²) < 4.78 is 11.6. The summed E-state index contributed by atoms with van der Waals surface area (Å²) in [5, 5.41) is 13.8. The zero-order chi connectivity index (χ0) is 18.5. The number of thiazole rings is 1. The van der Waals surface area contributed by atoms with Crippen molar-refractivity contribution in [3.05, 3.63) is 52.6 Å². The summed E-state index contributed by atoms with van der Waals surface area (Å²) in [6.07, 6.45) is 0. The minimum Gasteiger partial charge on any atom is -0.490 e. The Hall–Kier alpha value is -3.20. The van der Waals surface area contributed by atoms with Crippen LogP contribution in [-0.4, -0.2) is 29.0 Å². The first kappa shape index (κ1) is 17.6. The van der Waals surface area contributed by atoms with Crippen LogP contribution < -0.4 is 14.8 Å². The molecule has 8 nitrogen and oxygen atoms in total. The number of rotatable bonds is 7. The average molecular weight is 373 g/mol. The third kappa shape index (κ3) is 4.06. The third-order valence-corrected chi connectivity index (χ3v) is 4.27. The molecule has 1 aromatic heterocycles. The first-order chi connectivity index (χ1) is 12.6. The van der Waals surface area contributed by atoms with Gasteiger partial charge in [0.25, 0.3) is 11.6 Å². The predicted molar refractivity (Wildman–Crippen MR) is 98.0 cm³/mol. The molecule has 3 aromatic rings. The number of anilines is 1. The number of hydrogen-bond donors (Lipinski definition) is 1. The Morgan fingerprint density at radius 3 is 2.65 bits per heavy atom. The van der Waals surface area contributed by atoms with E-state index in [1.165, 1.54) is 12.1 Å². The molecule has 9 heteroatoms. The Morgan fingerprint density at radius 2 is 1.96 bits per heavy atom. The van der Waals surface area contributed by atoms with E-state index in [0.29, 0.717) is 33.5 Å². The number of nitro groups is 1. The van der Waals surface area contributed by atoms with Crippen molar-refractivity contribution in [2.75, 3.05) is 18.5 Å². The Kier molecular flexibility index (Phi) is 5.28. The second kappa shape index (κ2) is 7.79. The van der Waals surface area contributed by atoms with Crippen molar-refractivity contribution in [1.82, 2.24) is 4.98 Å². The molecule has 134 valence electrons. The predicted octanol–water partition coefficient (Wildman–Crippen LogP) is 3.62. The quantitative estimate of drug-likeness (QED) is 0.501. The second-order valence-electron chi connectivity index (χ2n) is 5.14. The van der Waals surface area contributed by atoms with Gasteiger partial charge in [0.15, 0.2) is 23.2 Å². The van der Waals surface area contributed by atoms with E-state index in [0.717, 1.165) is 11.3 Å². The molecule has 0 bridgehead atoms. The summed E-state index contributed by atoms with van der Waals surface area (Å²) in [5.41, 5.74) is 0.563. The Labute approximate surface area is 152 Å². The summed E-state index contributed by atoms with van der Waals surface area (Å²) in [6, 6.07) is 11.4. The lowest BCUT2D eigenvalue weighted by atomic mass is 10.3. The Balaban J connectivity index is 1.65. The first-order valence-corrected chi connectivity index (χ1v) is 8.58. The van der Waals surface area contributed by atoms with E-state index in [1.54, 1.807) is 24.3 Å². The van der Waals surface area contributed by atoms with E-state index in [2.05, 4.69) is 10.3 Å². The number of non-ortho nitro benzene ring substituents is 1. The molecular weight excluding hydrogens is 358 g/mol. The van der Waals surface area contributed by atoms with Crippen LogP contribution in [0.5, 0.6) is 11.5 Å².